The third-order valence-corrected chi connectivity index (χ3v) is 2.38. The Morgan fingerprint density at radius 2 is 2.00 bits per heavy atom. The second-order valence-corrected chi connectivity index (χ2v) is 3.58. The first-order valence-corrected chi connectivity index (χ1v) is 5.37. The average molecular weight is 213 g/mol. The van der Waals surface area contributed by atoms with Crippen LogP contribution in [0.5, 0.6) is 0 Å². The van der Waals surface area contributed by atoms with Crippen LogP contribution in [-0.4, -0.2) is 6.54 Å². The van der Waals surface area contributed by atoms with Crippen LogP contribution in [-0.2, 0) is 0 Å². The van der Waals surface area contributed by atoms with Crippen molar-refractivity contribution in [2.75, 3.05) is 6.54 Å². The van der Waals surface area contributed by atoms with Gasteiger partial charge in [-0.25, -0.2) is 8.78 Å². The molecule has 0 spiro atoms. The van der Waals surface area contributed by atoms with E-state index >= 15 is 0 Å². The van der Waals surface area contributed by atoms with Crippen molar-refractivity contribution in [1.82, 2.24) is 5.32 Å². The fourth-order valence-electron chi connectivity index (χ4n) is 1.57. The van der Waals surface area contributed by atoms with Gasteiger partial charge in [0.1, 0.15) is 11.6 Å². The maximum Gasteiger partial charge on any atom is 0.128 e. The smallest absolute Gasteiger partial charge is 0.128 e. The number of halogens is 2. The van der Waals surface area contributed by atoms with Crippen molar-refractivity contribution in [1.29, 1.82) is 0 Å². The Balaban J connectivity index is 2.85. The van der Waals surface area contributed by atoms with Gasteiger partial charge < -0.3 is 5.32 Å². The van der Waals surface area contributed by atoms with Crippen molar-refractivity contribution in [2.24, 2.45) is 0 Å². The maximum atomic E-state index is 13.4. The molecule has 1 nitrogen and oxygen atoms in total. The molecule has 1 aromatic rings. The molecule has 0 radical (unpaired) electrons. The lowest BCUT2D eigenvalue weighted by Gasteiger charge is -2.17. The van der Waals surface area contributed by atoms with E-state index in [1.165, 1.54) is 12.1 Å². The van der Waals surface area contributed by atoms with E-state index in [4.69, 9.17) is 0 Å². The van der Waals surface area contributed by atoms with Crippen molar-refractivity contribution >= 4 is 0 Å². The fraction of sp³-hybridized carbons (Fsp3) is 0.500. The summed E-state index contributed by atoms with van der Waals surface area (Å²) in [7, 11) is 0. The molecule has 1 atom stereocenters. The van der Waals surface area contributed by atoms with Gasteiger partial charge in [-0.15, -0.1) is 0 Å². The van der Waals surface area contributed by atoms with Crippen molar-refractivity contribution in [3.63, 3.8) is 0 Å². The highest BCUT2D eigenvalue weighted by atomic mass is 19.1. The average Bonchev–Trinajstić information content (AvgIpc) is 2.24. The molecule has 0 heterocycles. The molecule has 0 aromatic heterocycles. The van der Waals surface area contributed by atoms with Crippen LogP contribution in [0.4, 0.5) is 8.78 Å². The largest absolute Gasteiger partial charge is 0.310 e. The third kappa shape index (κ3) is 3.27. The van der Waals surface area contributed by atoms with E-state index in [0.717, 1.165) is 25.5 Å². The van der Waals surface area contributed by atoms with Gasteiger partial charge in [0.2, 0.25) is 0 Å². The summed E-state index contributed by atoms with van der Waals surface area (Å²) in [6, 6.07) is 3.50. The van der Waals surface area contributed by atoms with Crippen LogP contribution in [0, 0.1) is 11.6 Å². The first-order chi connectivity index (χ1) is 7.19. The molecule has 1 aromatic carbocycles. The summed E-state index contributed by atoms with van der Waals surface area (Å²) in [5, 5.41) is 3.20. The molecule has 0 amide bonds. The Labute approximate surface area is 89.5 Å². The third-order valence-electron chi connectivity index (χ3n) is 2.38. The number of hydrogen-bond donors (Lipinski definition) is 1. The number of rotatable bonds is 5. The van der Waals surface area contributed by atoms with E-state index < -0.39 is 0 Å². The van der Waals surface area contributed by atoms with Crippen molar-refractivity contribution in [2.45, 2.75) is 32.7 Å². The highest BCUT2D eigenvalue weighted by Gasteiger charge is 2.13. The molecule has 3 heteroatoms. The molecule has 0 aliphatic heterocycles. The molecule has 84 valence electrons. The monoisotopic (exact) mass is 213 g/mol. The molecular formula is C12H17F2N. The fourth-order valence-corrected chi connectivity index (χ4v) is 1.57. The van der Waals surface area contributed by atoms with Gasteiger partial charge in [-0.2, -0.15) is 0 Å². The van der Waals surface area contributed by atoms with Crippen LogP contribution >= 0.6 is 0 Å². The molecule has 1 N–H and O–H groups in total. The van der Waals surface area contributed by atoms with E-state index in [0.29, 0.717) is 5.56 Å². The zero-order chi connectivity index (χ0) is 11.3. The van der Waals surface area contributed by atoms with Gasteiger partial charge in [-0.3, -0.25) is 0 Å². The van der Waals surface area contributed by atoms with Crippen molar-refractivity contribution in [3.8, 4) is 0 Å². The van der Waals surface area contributed by atoms with E-state index in [1.54, 1.807) is 0 Å². The molecule has 0 fully saturated rings. The van der Waals surface area contributed by atoms with Crippen LogP contribution in [0.3, 0.4) is 0 Å². The van der Waals surface area contributed by atoms with Gasteiger partial charge in [0.05, 0.1) is 0 Å². The van der Waals surface area contributed by atoms with Gasteiger partial charge in [0.15, 0.2) is 0 Å². The second kappa shape index (κ2) is 5.81. The molecule has 0 aliphatic rings. The lowest BCUT2D eigenvalue weighted by atomic mass is 10.0. The zero-order valence-corrected chi connectivity index (χ0v) is 9.19. The van der Waals surface area contributed by atoms with E-state index in [-0.39, 0.29) is 17.7 Å². The van der Waals surface area contributed by atoms with Gasteiger partial charge in [-0.05, 0) is 37.6 Å². The number of benzene rings is 1. The molecule has 0 bridgehead atoms. The Kier molecular flexibility index (Phi) is 4.69. The Morgan fingerprint density at radius 3 is 2.60 bits per heavy atom. The number of hydrogen-bond acceptors (Lipinski definition) is 1. The summed E-state index contributed by atoms with van der Waals surface area (Å²) in [5.74, 6) is -0.727. The van der Waals surface area contributed by atoms with E-state index in [1.807, 2.05) is 13.8 Å². The summed E-state index contributed by atoms with van der Waals surface area (Å²) in [4.78, 5) is 0. The van der Waals surface area contributed by atoms with Crippen molar-refractivity contribution < 1.29 is 8.78 Å². The summed E-state index contributed by atoms with van der Waals surface area (Å²) in [5.41, 5.74) is 0.422. The van der Waals surface area contributed by atoms with Crippen LogP contribution in [0.1, 0.15) is 38.3 Å². The molecule has 0 aliphatic carbocycles. The quantitative estimate of drug-likeness (QED) is 0.790. The maximum absolute atomic E-state index is 13.4. The molecule has 1 unspecified atom stereocenters. The van der Waals surface area contributed by atoms with Gasteiger partial charge in [-0.1, -0.05) is 13.8 Å². The van der Waals surface area contributed by atoms with Crippen LogP contribution < -0.4 is 5.32 Å². The van der Waals surface area contributed by atoms with Gasteiger partial charge >= 0.3 is 0 Å². The topological polar surface area (TPSA) is 12.0 Å². The number of nitrogens with one attached hydrogen (secondary N) is 1. The predicted molar refractivity (Wildman–Crippen MR) is 57.7 cm³/mol. The van der Waals surface area contributed by atoms with Crippen LogP contribution in [0.25, 0.3) is 0 Å². The van der Waals surface area contributed by atoms with Crippen molar-refractivity contribution in [3.05, 3.63) is 35.4 Å². The van der Waals surface area contributed by atoms with Gasteiger partial charge in [0, 0.05) is 11.6 Å². The Morgan fingerprint density at radius 1 is 1.27 bits per heavy atom. The SMILES string of the molecule is CCCNC(CC)c1cc(F)ccc1F. The minimum Gasteiger partial charge on any atom is -0.310 e. The summed E-state index contributed by atoms with van der Waals surface area (Å²) in [6.07, 6.45) is 1.73. The van der Waals surface area contributed by atoms with E-state index in [9.17, 15) is 8.78 Å². The summed E-state index contributed by atoms with van der Waals surface area (Å²) in [6.45, 7) is 4.81. The molecule has 0 saturated carbocycles. The zero-order valence-electron chi connectivity index (χ0n) is 9.19. The van der Waals surface area contributed by atoms with E-state index in [2.05, 4.69) is 5.32 Å². The minimum absolute atomic E-state index is 0.0966. The first kappa shape index (κ1) is 12.1. The normalized spacial score (nSPS) is 12.8. The predicted octanol–water partition coefficient (Wildman–Crippen LogP) is 3.42. The summed E-state index contributed by atoms with van der Waals surface area (Å²) < 4.78 is 26.4. The van der Waals surface area contributed by atoms with Crippen LogP contribution in [0.15, 0.2) is 18.2 Å². The Bertz CT molecular complexity index is 312. The second-order valence-electron chi connectivity index (χ2n) is 3.58. The summed E-state index contributed by atoms with van der Waals surface area (Å²) >= 11 is 0. The lowest BCUT2D eigenvalue weighted by molar-refractivity contribution is 0.483. The first-order valence-electron chi connectivity index (χ1n) is 5.37. The lowest BCUT2D eigenvalue weighted by Crippen LogP contribution is -2.22. The van der Waals surface area contributed by atoms with Gasteiger partial charge in [0.25, 0.3) is 0 Å². The van der Waals surface area contributed by atoms with Crippen LogP contribution in [0.2, 0.25) is 0 Å². The molecule has 0 saturated heterocycles. The highest BCUT2D eigenvalue weighted by Crippen LogP contribution is 2.20. The Hall–Kier alpha value is -0.960. The minimum atomic E-state index is -0.386. The molecular weight excluding hydrogens is 196 g/mol. The standard InChI is InChI=1S/C12H17F2N/c1-3-7-15-12(4-2)10-8-9(13)5-6-11(10)14/h5-6,8,12,15H,3-4,7H2,1-2H3. The molecule has 15 heavy (non-hydrogen) atoms. The highest BCUT2D eigenvalue weighted by molar-refractivity contribution is 5.22. The molecule has 1 rings (SSSR count).